The average Bonchev–Trinajstić information content (AvgIpc) is 1.97. The maximum absolute atomic E-state index is 6.02. The Morgan fingerprint density at radius 2 is 2.10 bits per heavy atom. The van der Waals surface area contributed by atoms with Gasteiger partial charge in [0.15, 0.2) is 0 Å². The van der Waals surface area contributed by atoms with E-state index in [1.807, 2.05) is 0 Å². The highest BCUT2D eigenvalue weighted by molar-refractivity contribution is 6.20. The zero-order valence-corrected chi connectivity index (χ0v) is 7.82. The Morgan fingerprint density at radius 1 is 1.40 bits per heavy atom. The summed E-state index contributed by atoms with van der Waals surface area (Å²) in [6.45, 7) is 4.29. The second-order valence-electron chi connectivity index (χ2n) is 2.73. The summed E-state index contributed by atoms with van der Waals surface area (Å²) >= 11 is 6.02. The molecule has 0 aliphatic heterocycles. The van der Waals surface area contributed by atoms with Crippen LogP contribution in [0.3, 0.4) is 0 Å². The van der Waals surface area contributed by atoms with Crippen LogP contribution < -0.4 is 0 Å². The summed E-state index contributed by atoms with van der Waals surface area (Å²) in [6, 6.07) is 0. The quantitative estimate of drug-likeness (QED) is 0.520. The van der Waals surface area contributed by atoms with Gasteiger partial charge in [-0.05, 0) is 25.7 Å². The van der Waals surface area contributed by atoms with Crippen molar-refractivity contribution in [1.29, 1.82) is 0 Å². The normalized spacial score (nSPS) is 10.8. The molecule has 0 bridgehead atoms. The third-order valence-corrected chi connectivity index (χ3v) is 2.08. The van der Waals surface area contributed by atoms with E-state index in [1.54, 1.807) is 0 Å². The van der Waals surface area contributed by atoms with Crippen LogP contribution in [-0.2, 0) is 0 Å². The van der Waals surface area contributed by atoms with Gasteiger partial charge < -0.3 is 0 Å². The minimum Gasteiger partial charge on any atom is -0.123 e. The van der Waals surface area contributed by atoms with E-state index in [4.69, 9.17) is 11.6 Å². The lowest BCUT2D eigenvalue weighted by Crippen LogP contribution is -1.97. The predicted molar refractivity (Wildman–Crippen MR) is 48.4 cm³/mol. The first-order valence-electron chi connectivity index (χ1n) is 4.23. The summed E-state index contributed by atoms with van der Waals surface area (Å²) in [6.07, 6.45) is 8.22. The molecule has 0 aromatic rings. The Bertz CT molecular complexity index is 53.7. The van der Waals surface area contributed by atoms with Gasteiger partial charge in [-0.1, -0.05) is 26.7 Å². The highest BCUT2D eigenvalue weighted by Crippen LogP contribution is 2.13. The predicted octanol–water partition coefficient (Wildman–Crippen LogP) is 3.79. The smallest absolute Gasteiger partial charge is 0.0336 e. The molecule has 1 radical (unpaired) electrons. The van der Waals surface area contributed by atoms with Crippen molar-refractivity contribution >= 4 is 11.6 Å². The third-order valence-electron chi connectivity index (χ3n) is 1.64. The van der Waals surface area contributed by atoms with Gasteiger partial charge in [0.25, 0.3) is 0 Å². The highest BCUT2D eigenvalue weighted by atomic mass is 35.5. The highest BCUT2D eigenvalue weighted by Gasteiger charge is 2.01. The number of hydrogen-bond donors (Lipinski definition) is 0. The van der Waals surface area contributed by atoms with E-state index >= 15 is 0 Å². The second kappa shape index (κ2) is 7.40. The van der Waals surface area contributed by atoms with Crippen LogP contribution in [0.1, 0.15) is 46.0 Å². The molecule has 1 atom stereocenters. The molecule has 0 rings (SSSR count). The van der Waals surface area contributed by atoms with Gasteiger partial charge in [-0.25, -0.2) is 0 Å². The lowest BCUT2D eigenvalue weighted by Gasteiger charge is -2.05. The van der Waals surface area contributed by atoms with Crippen LogP contribution in [0.4, 0.5) is 0 Å². The van der Waals surface area contributed by atoms with Crippen LogP contribution in [0.15, 0.2) is 0 Å². The SMILES string of the molecule is C[CH]CCC(Cl)CCCC. The van der Waals surface area contributed by atoms with Gasteiger partial charge in [0.1, 0.15) is 0 Å². The number of rotatable bonds is 6. The fourth-order valence-electron chi connectivity index (χ4n) is 0.917. The fraction of sp³-hybridized carbons (Fsp3) is 0.889. The second-order valence-corrected chi connectivity index (χ2v) is 3.34. The molecular weight excluding hydrogens is 144 g/mol. The van der Waals surface area contributed by atoms with Gasteiger partial charge in [-0.15, -0.1) is 11.6 Å². The Labute approximate surface area is 70.0 Å². The topological polar surface area (TPSA) is 0 Å². The summed E-state index contributed by atoms with van der Waals surface area (Å²) in [5.74, 6) is 0. The first-order chi connectivity index (χ1) is 4.81. The van der Waals surface area contributed by atoms with E-state index in [1.165, 1.54) is 19.3 Å². The van der Waals surface area contributed by atoms with Crippen molar-refractivity contribution in [3.8, 4) is 0 Å². The molecule has 0 heterocycles. The van der Waals surface area contributed by atoms with Crippen molar-refractivity contribution in [3.63, 3.8) is 0 Å². The molecule has 0 aromatic carbocycles. The maximum atomic E-state index is 6.02. The molecular formula is C9H18Cl. The van der Waals surface area contributed by atoms with E-state index in [2.05, 4.69) is 20.3 Å². The first kappa shape index (κ1) is 10.3. The number of unbranched alkanes of at least 4 members (excludes halogenated alkanes) is 2. The molecule has 1 unspecified atom stereocenters. The summed E-state index contributed by atoms with van der Waals surface area (Å²) in [7, 11) is 0. The lowest BCUT2D eigenvalue weighted by molar-refractivity contribution is 0.637. The van der Waals surface area contributed by atoms with Gasteiger partial charge in [0.2, 0.25) is 0 Å². The molecule has 0 aromatic heterocycles. The summed E-state index contributed by atoms with van der Waals surface area (Å²) in [5.41, 5.74) is 0. The van der Waals surface area contributed by atoms with Gasteiger partial charge in [-0.2, -0.15) is 0 Å². The van der Waals surface area contributed by atoms with E-state index < -0.39 is 0 Å². The van der Waals surface area contributed by atoms with Gasteiger partial charge in [0, 0.05) is 5.38 Å². The van der Waals surface area contributed by atoms with E-state index in [0.29, 0.717) is 5.38 Å². The molecule has 0 aliphatic carbocycles. The van der Waals surface area contributed by atoms with E-state index in [0.717, 1.165) is 12.8 Å². The molecule has 0 saturated heterocycles. The Morgan fingerprint density at radius 3 is 2.60 bits per heavy atom. The van der Waals surface area contributed by atoms with E-state index in [9.17, 15) is 0 Å². The number of alkyl halides is 1. The molecule has 0 fully saturated rings. The van der Waals surface area contributed by atoms with E-state index in [-0.39, 0.29) is 0 Å². The zero-order chi connectivity index (χ0) is 7.82. The van der Waals surface area contributed by atoms with Crippen molar-refractivity contribution < 1.29 is 0 Å². The minimum atomic E-state index is 0.413. The molecule has 1 heteroatoms. The van der Waals surface area contributed by atoms with Crippen LogP contribution in [0.5, 0.6) is 0 Å². The molecule has 0 nitrogen and oxygen atoms in total. The number of hydrogen-bond acceptors (Lipinski definition) is 0. The molecule has 0 aliphatic rings. The molecule has 0 saturated carbocycles. The van der Waals surface area contributed by atoms with Crippen LogP contribution in [-0.4, -0.2) is 5.38 Å². The Balaban J connectivity index is 3.00. The van der Waals surface area contributed by atoms with Gasteiger partial charge in [0.05, 0.1) is 0 Å². The fourth-order valence-corrected chi connectivity index (χ4v) is 1.20. The number of halogens is 1. The van der Waals surface area contributed by atoms with Crippen LogP contribution in [0.25, 0.3) is 0 Å². The van der Waals surface area contributed by atoms with Gasteiger partial charge in [-0.3, -0.25) is 0 Å². The van der Waals surface area contributed by atoms with Crippen molar-refractivity contribution in [2.45, 2.75) is 51.3 Å². The standard InChI is InChI=1S/C9H18Cl/c1-3-5-7-9(10)8-6-4-2/h3,9H,4-8H2,1-2H3. The maximum Gasteiger partial charge on any atom is 0.0336 e. The minimum absolute atomic E-state index is 0.413. The van der Waals surface area contributed by atoms with Crippen molar-refractivity contribution in [2.24, 2.45) is 0 Å². The third kappa shape index (κ3) is 6.41. The van der Waals surface area contributed by atoms with Crippen molar-refractivity contribution in [1.82, 2.24) is 0 Å². The zero-order valence-electron chi connectivity index (χ0n) is 7.07. The Kier molecular flexibility index (Phi) is 7.61. The molecule has 61 valence electrons. The molecule has 10 heavy (non-hydrogen) atoms. The van der Waals surface area contributed by atoms with Crippen LogP contribution in [0.2, 0.25) is 0 Å². The summed E-state index contributed by atoms with van der Waals surface area (Å²) in [4.78, 5) is 0. The lowest BCUT2D eigenvalue weighted by atomic mass is 10.1. The van der Waals surface area contributed by atoms with Crippen LogP contribution >= 0.6 is 11.6 Å². The molecule has 0 spiro atoms. The van der Waals surface area contributed by atoms with Gasteiger partial charge >= 0.3 is 0 Å². The monoisotopic (exact) mass is 161 g/mol. The van der Waals surface area contributed by atoms with Crippen molar-refractivity contribution in [3.05, 3.63) is 6.42 Å². The first-order valence-corrected chi connectivity index (χ1v) is 4.66. The largest absolute Gasteiger partial charge is 0.123 e. The molecule has 0 amide bonds. The average molecular weight is 162 g/mol. The van der Waals surface area contributed by atoms with Crippen molar-refractivity contribution in [2.75, 3.05) is 0 Å². The summed E-state index contributed by atoms with van der Waals surface area (Å²) in [5, 5.41) is 0.413. The summed E-state index contributed by atoms with van der Waals surface area (Å²) < 4.78 is 0. The Hall–Kier alpha value is 0.290. The molecule has 0 N–H and O–H groups in total. The van der Waals surface area contributed by atoms with Crippen LogP contribution in [0, 0.1) is 6.42 Å².